The summed E-state index contributed by atoms with van der Waals surface area (Å²) in [6, 6.07) is 0. The lowest BCUT2D eigenvalue weighted by Gasteiger charge is -2.48. The highest BCUT2D eigenvalue weighted by Gasteiger charge is 2.43. The minimum atomic E-state index is 0.496. The van der Waals surface area contributed by atoms with Crippen LogP contribution < -0.4 is 10.6 Å². The summed E-state index contributed by atoms with van der Waals surface area (Å²) in [5.41, 5.74) is 0. The number of methoxy groups -OCH3 is 1. The van der Waals surface area contributed by atoms with Gasteiger partial charge in [-0.05, 0) is 94.3 Å². The normalized spacial score (nSPS) is 45.4. The van der Waals surface area contributed by atoms with E-state index in [1.165, 1.54) is 64.7 Å². The van der Waals surface area contributed by atoms with Gasteiger partial charge in [-0.25, -0.2) is 0 Å². The molecule has 0 bridgehead atoms. The molecule has 0 amide bonds. The van der Waals surface area contributed by atoms with Crippen LogP contribution in [0, 0.1) is 29.6 Å². The predicted molar refractivity (Wildman–Crippen MR) is 87.4 cm³/mol. The van der Waals surface area contributed by atoms with E-state index in [9.17, 15) is 0 Å². The second-order valence-electron chi connectivity index (χ2n) is 7.82. The van der Waals surface area contributed by atoms with Gasteiger partial charge in [0.2, 0.25) is 0 Å². The van der Waals surface area contributed by atoms with Crippen molar-refractivity contribution in [2.45, 2.75) is 51.6 Å². The van der Waals surface area contributed by atoms with Crippen LogP contribution in [0.1, 0.15) is 45.4 Å². The van der Waals surface area contributed by atoms with E-state index in [4.69, 9.17) is 4.74 Å². The number of piperidine rings is 2. The van der Waals surface area contributed by atoms with Gasteiger partial charge < -0.3 is 15.4 Å². The van der Waals surface area contributed by atoms with E-state index in [-0.39, 0.29) is 0 Å². The summed E-state index contributed by atoms with van der Waals surface area (Å²) >= 11 is 0. The highest BCUT2D eigenvalue weighted by molar-refractivity contribution is 4.94. The van der Waals surface area contributed by atoms with Gasteiger partial charge in [0.05, 0.1) is 6.10 Å². The zero-order valence-electron chi connectivity index (χ0n) is 13.9. The lowest BCUT2D eigenvalue weighted by atomic mass is 9.63. The zero-order valence-corrected chi connectivity index (χ0v) is 13.9. The summed E-state index contributed by atoms with van der Waals surface area (Å²) in [6.07, 6.45) is 8.75. The molecule has 1 saturated carbocycles. The molecule has 3 heteroatoms. The van der Waals surface area contributed by atoms with Gasteiger partial charge in [0.15, 0.2) is 0 Å². The highest BCUT2D eigenvalue weighted by Crippen LogP contribution is 2.44. The molecule has 21 heavy (non-hydrogen) atoms. The smallest absolute Gasteiger partial charge is 0.0634 e. The third-order valence-corrected chi connectivity index (χ3v) is 6.35. The van der Waals surface area contributed by atoms with Crippen LogP contribution >= 0.6 is 0 Å². The Morgan fingerprint density at radius 3 is 1.76 bits per heavy atom. The summed E-state index contributed by atoms with van der Waals surface area (Å²) in [6.45, 7) is 7.33. The summed E-state index contributed by atoms with van der Waals surface area (Å²) in [5, 5.41) is 7.24. The maximum Gasteiger partial charge on any atom is 0.0634 e. The number of nitrogens with one attached hydrogen (secondary N) is 2. The average molecular weight is 294 g/mol. The summed E-state index contributed by atoms with van der Waals surface area (Å²) in [5.74, 6) is 4.10. The molecule has 2 heterocycles. The molecule has 3 fully saturated rings. The molecule has 4 atom stereocenters. The lowest BCUT2D eigenvalue weighted by Crippen LogP contribution is -2.50. The number of hydrogen-bond acceptors (Lipinski definition) is 3. The molecule has 2 aliphatic heterocycles. The molecule has 3 aliphatic rings. The topological polar surface area (TPSA) is 33.3 Å². The molecule has 3 nitrogen and oxygen atoms in total. The minimum Gasteiger partial charge on any atom is -0.381 e. The first-order valence-electron chi connectivity index (χ1n) is 9.23. The van der Waals surface area contributed by atoms with Crippen LogP contribution in [-0.2, 0) is 4.74 Å². The Hall–Kier alpha value is -0.120. The van der Waals surface area contributed by atoms with E-state index >= 15 is 0 Å². The van der Waals surface area contributed by atoms with Crippen molar-refractivity contribution < 1.29 is 4.74 Å². The predicted octanol–water partition coefficient (Wildman–Crippen LogP) is 2.66. The second kappa shape index (κ2) is 7.43. The molecule has 0 spiro atoms. The first-order chi connectivity index (χ1) is 10.3. The van der Waals surface area contributed by atoms with Gasteiger partial charge in [-0.2, -0.15) is 0 Å². The molecule has 0 aromatic rings. The van der Waals surface area contributed by atoms with Crippen molar-refractivity contribution >= 4 is 0 Å². The maximum absolute atomic E-state index is 6.12. The Morgan fingerprint density at radius 2 is 1.38 bits per heavy atom. The molecule has 2 N–H and O–H groups in total. The standard InChI is InChI=1S/C18H34N2O/c1-13-9-16(14-5-3-7-19-11-14)18(21-2)17(10-13)15-6-4-8-20-12-15/h13-20H,3-12H2,1-2H3. The second-order valence-corrected chi connectivity index (χ2v) is 7.82. The monoisotopic (exact) mass is 294 g/mol. The van der Waals surface area contributed by atoms with E-state index < -0.39 is 0 Å². The summed E-state index contributed by atoms with van der Waals surface area (Å²) in [7, 11) is 1.97. The first kappa shape index (κ1) is 15.8. The molecule has 2 saturated heterocycles. The fourth-order valence-electron chi connectivity index (χ4n) is 5.37. The van der Waals surface area contributed by atoms with Gasteiger partial charge in [-0.3, -0.25) is 0 Å². The quantitative estimate of drug-likeness (QED) is 0.839. The molecular formula is C18H34N2O. The fraction of sp³-hybridized carbons (Fsp3) is 1.00. The van der Waals surface area contributed by atoms with E-state index in [1.807, 2.05) is 7.11 Å². The largest absolute Gasteiger partial charge is 0.381 e. The Bertz CT molecular complexity index is 282. The van der Waals surface area contributed by atoms with Crippen molar-refractivity contribution in [2.75, 3.05) is 33.3 Å². The van der Waals surface area contributed by atoms with E-state index in [1.54, 1.807) is 0 Å². The molecule has 0 aromatic heterocycles. The van der Waals surface area contributed by atoms with E-state index in [0.717, 1.165) is 29.6 Å². The molecule has 1 aliphatic carbocycles. The number of ether oxygens (including phenoxy) is 1. The van der Waals surface area contributed by atoms with Gasteiger partial charge in [0, 0.05) is 7.11 Å². The molecular weight excluding hydrogens is 260 g/mol. The SMILES string of the molecule is COC1C(C2CCCNC2)CC(C)CC1C1CCCNC1. The molecule has 122 valence electrons. The van der Waals surface area contributed by atoms with Crippen LogP contribution in [0.25, 0.3) is 0 Å². The van der Waals surface area contributed by atoms with E-state index in [2.05, 4.69) is 17.6 Å². The van der Waals surface area contributed by atoms with Gasteiger partial charge in [-0.15, -0.1) is 0 Å². The first-order valence-corrected chi connectivity index (χ1v) is 9.23. The van der Waals surface area contributed by atoms with Gasteiger partial charge in [0.25, 0.3) is 0 Å². The molecule has 3 rings (SSSR count). The Labute approximate surface area is 130 Å². The maximum atomic E-state index is 6.12. The van der Waals surface area contributed by atoms with Crippen LogP contribution in [0.2, 0.25) is 0 Å². The average Bonchev–Trinajstić information content (AvgIpc) is 2.55. The van der Waals surface area contributed by atoms with Gasteiger partial charge in [-0.1, -0.05) is 6.92 Å². The summed E-state index contributed by atoms with van der Waals surface area (Å²) < 4.78 is 6.12. The van der Waals surface area contributed by atoms with Crippen molar-refractivity contribution in [2.24, 2.45) is 29.6 Å². The van der Waals surface area contributed by atoms with Crippen LogP contribution in [0.3, 0.4) is 0 Å². The van der Waals surface area contributed by atoms with E-state index in [0.29, 0.717) is 6.10 Å². The highest BCUT2D eigenvalue weighted by atomic mass is 16.5. The third kappa shape index (κ3) is 3.62. The van der Waals surface area contributed by atoms with Crippen molar-refractivity contribution in [1.29, 1.82) is 0 Å². The zero-order chi connectivity index (χ0) is 14.7. The minimum absolute atomic E-state index is 0.496. The fourth-order valence-corrected chi connectivity index (χ4v) is 5.37. The van der Waals surface area contributed by atoms with Crippen molar-refractivity contribution in [1.82, 2.24) is 10.6 Å². The third-order valence-electron chi connectivity index (χ3n) is 6.35. The number of rotatable bonds is 3. The Balaban J connectivity index is 1.72. The van der Waals surface area contributed by atoms with Crippen molar-refractivity contribution in [3.05, 3.63) is 0 Å². The van der Waals surface area contributed by atoms with Crippen LogP contribution in [0.15, 0.2) is 0 Å². The van der Waals surface area contributed by atoms with Crippen molar-refractivity contribution in [3.63, 3.8) is 0 Å². The van der Waals surface area contributed by atoms with Crippen molar-refractivity contribution in [3.8, 4) is 0 Å². The van der Waals surface area contributed by atoms with Crippen LogP contribution in [0.4, 0.5) is 0 Å². The van der Waals surface area contributed by atoms with Gasteiger partial charge >= 0.3 is 0 Å². The van der Waals surface area contributed by atoms with Crippen LogP contribution in [0.5, 0.6) is 0 Å². The summed E-state index contributed by atoms with van der Waals surface area (Å²) in [4.78, 5) is 0. The lowest BCUT2D eigenvalue weighted by molar-refractivity contribution is -0.0787. The molecule has 0 radical (unpaired) electrons. The molecule has 0 aromatic carbocycles. The van der Waals surface area contributed by atoms with Crippen LogP contribution in [-0.4, -0.2) is 39.4 Å². The van der Waals surface area contributed by atoms with Gasteiger partial charge in [0.1, 0.15) is 0 Å². The Morgan fingerprint density at radius 1 is 0.857 bits per heavy atom. The Kier molecular flexibility index (Phi) is 5.58. The molecule has 4 unspecified atom stereocenters. The number of hydrogen-bond donors (Lipinski definition) is 2.